The molecule has 0 saturated carbocycles. The predicted octanol–water partition coefficient (Wildman–Crippen LogP) is 2.66. The molecule has 2 aromatic rings. The van der Waals surface area contributed by atoms with E-state index in [0.717, 1.165) is 57.1 Å². The van der Waals surface area contributed by atoms with Crippen molar-refractivity contribution in [2.45, 2.75) is 33.1 Å². The zero-order valence-corrected chi connectivity index (χ0v) is 17.4. The Bertz CT molecular complexity index is 778. The lowest BCUT2D eigenvalue weighted by Gasteiger charge is -2.33. The van der Waals surface area contributed by atoms with Gasteiger partial charge in [0.15, 0.2) is 5.96 Å². The number of aliphatic imine (C=N–C) groups is 1. The second kappa shape index (κ2) is 10.6. The first-order chi connectivity index (χ1) is 14.2. The average Bonchev–Trinajstić information content (AvgIpc) is 3.29. The molecule has 2 heterocycles. The Morgan fingerprint density at radius 2 is 2.00 bits per heavy atom. The summed E-state index contributed by atoms with van der Waals surface area (Å²) in [6, 6.07) is 10.3. The van der Waals surface area contributed by atoms with Gasteiger partial charge in [0, 0.05) is 38.6 Å². The molecule has 0 atom stereocenters. The fraction of sp³-hybridized carbons (Fsp3) is 0.500. The van der Waals surface area contributed by atoms with Crippen LogP contribution in [-0.4, -0.2) is 59.4 Å². The first kappa shape index (κ1) is 20.9. The van der Waals surface area contributed by atoms with Crippen LogP contribution in [0.3, 0.4) is 0 Å². The molecule has 1 aliphatic heterocycles. The minimum atomic E-state index is -0.0624. The van der Waals surface area contributed by atoms with Gasteiger partial charge in [-0.1, -0.05) is 12.1 Å². The summed E-state index contributed by atoms with van der Waals surface area (Å²) in [6.07, 6.45) is 6.23. The Labute approximate surface area is 172 Å². The Morgan fingerprint density at radius 1 is 1.24 bits per heavy atom. The van der Waals surface area contributed by atoms with E-state index in [4.69, 9.17) is 9.73 Å². The van der Waals surface area contributed by atoms with Crippen LogP contribution in [-0.2, 0) is 16.0 Å². The Morgan fingerprint density at radius 3 is 2.62 bits per heavy atom. The molecule has 1 saturated heterocycles. The van der Waals surface area contributed by atoms with Crippen LogP contribution in [0.4, 0.5) is 0 Å². The summed E-state index contributed by atoms with van der Waals surface area (Å²) < 4.78 is 7.01. The van der Waals surface area contributed by atoms with Gasteiger partial charge in [-0.15, -0.1) is 0 Å². The number of carbonyl (C=O) groups is 1. The summed E-state index contributed by atoms with van der Waals surface area (Å²) in [5.74, 6) is 0.887. The molecule has 0 unspecified atom stereocenters. The van der Waals surface area contributed by atoms with Crippen molar-refractivity contribution >= 4 is 11.9 Å². The zero-order chi connectivity index (χ0) is 20.5. The first-order valence-electron chi connectivity index (χ1n) is 10.5. The lowest BCUT2D eigenvalue weighted by atomic mass is 9.97. The number of rotatable bonds is 7. The van der Waals surface area contributed by atoms with E-state index in [0.29, 0.717) is 6.61 Å². The van der Waals surface area contributed by atoms with E-state index in [1.54, 1.807) is 6.20 Å². The SMILES string of the molecule is CCNC(=NCCc1ccc(-n2cccn2)cc1)N1CCC(C(=O)OCC)CC1. The molecule has 0 radical (unpaired) electrons. The quantitative estimate of drug-likeness (QED) is 0.442. The molecule has 1 fully saturated rings. The smallest absolute Gasteiger partial charge is 0.309 e. The largest absolute Gasteiger partial charge is 0.466 e. The van der Waals surface area contributed by atoms with Gasteiger partial charge in [-0.3, -0.25) is 9.79 Å². The highest BCUT2D eigenvalue weighted by Crippen LogP contribution is 2.19. The topological polar surface area (TPSA) is 71.8 Å². The molecule has 1 aromatic carbocycles. The zero-order valence-electron chi connectivity index (χ0n) is 17.4. The molecule has 0 bridgehead atoms. The monoisotopic (exact) mass is 397 g/mol. The van der Waals surface area contributed by atoms with Crippen molar-refractivity contribution in [1.82, 2.24) is 20.0 Å². The van der Waals surface area contributed by atoms with E-state index >= 15 is 0 Å². The normalized spacial score (nSPS) is 15.4. The third-order valence-electron chi connectivity index (χ3n) is 5.12. The molecule has 0 aliphatic carbocycles. The van der Waals surface area contributed by atoms with Crippen LogP contribution in [0.15, 0.2) is 47.7 Å². The number of nitrogens with zero attached hydrogens (tertiary/aromatic N) is 4. The third-order valence-corrected chi connectivity index (χ3v) is 5.12. The molecule has 29 heavy (non-hydrogen) atoms. The van der Waals surface area contributed by atoms with Crippen molar-refractivity contribution < 1.29 is 9.53 Å². The fourth-order valence-electron chi connectivity index (χ4n) is 3.54. The van der Waals surface area contributed by atoms with Crippen LogP contribution in [0, 0.1) is 5.92 Å². The maximum atomic E-state index is 11.9. The van der Waals surface area contributed by atoms with Gasteiger partial charge in [0.2, 0.25) is 0 Å². The van der Waals surface area contributed by atoms with Crippen LogP contribution in [0.25, 0.3) is 5.69 Å². The van der Waals surface area contributed by atoms with Crippen molar-refractivity contribution in [1.29, 1.82) is 0 Å². The van der Waals surface area contributed by atoms with E-state index in [2.05, 4.69) is 46.5 Å². The summed E-state index contributed by atoms with van der Waals surface area (Å²) in [5.41, 5.74) is 2.31. The summed E-state index contributed by atoms with van der Waals surface area (Å²) in [7, 11) is 0. The number of ether oxygens (including phenoxy) is 1. The number of benzene rings is 1. The molecule has 0 amide bonds. The number of nitrogens with one attached hydrogen (secondary N) is 1. The van der Waals surface area contributed by atoms with Crippen LogP contribution in [0.5, 0.6) is 0 Å². The van der Waals surface area contributed by atoms with E-state index in [-0.39, 0.29) is 11.9 Å². The standard InChI is InChI=1S/C22H31N5O2/c1-3-23-22(26-16-11-19(12-17-26)21(28)29-4-2)24-14-10-18-6-8-20(9-7-18)27-15-5-13-25-27/h5-9,13,15,19H,3-4,10-12,14,16-17H2,1-2H3,(H,23,24). The van der Waals surface area contributed by atoms with E-state index in [9.17, 15) is 4.79 Å². The van der Waals surface area contributed by atoms with Crippen LogP contribution in [0.1, 0.15) is 32.3 Å². The summed E-state index contributed by atoms with van der Waals surface area (Å²) in [6.45, 7) is 7.59. The maximum absolute atomic E-state index is 11.9. The van der Waals surface area contributed by atoms with Gasteiger partial charge in [0.1, 0.15) is 0 Å². The van der Waals surface area contributed by atoms with Gasteiger partial charge in [0.25, 0.3) is 0 Å². The van der Waals surface area contributed by atoms with E-state index in [1.165, 1.54) is 5.56 Å². The molecule has 7 heteroatoms. The summed E-state index contributed by atoms with van der Waals surface area (Å²) >= 11 is 0. The predicted molar refractivity (Wildman–Crippen MR) is 114 cm³/mol. The number of likely N-dealkylation sites (tertiary alicyclic amines) is 1. The summed E-state index contributed by atoms with van der Waals surface area (Å²) in [5, 5.41) is 7.64. The van der Waals surface area contributed by atoms with Crippen molar-refractivity contribution in [3.8, 4) is 5.69 Å². The number of hydrogen-bond donors (Lipinski definition) is 1. The molecule has 156 valence electrons. The maximum Gasteiger partial charge on any atom is 0.309 e. The number of aromatic nitrogens is 2. The molecule has 0 spiro atoms. The highest BCUT2D eigenvalue weighted by atomic mass is 16.5. The first-order valence-corrected chi connectivity index (χ1v) is 10.5. The number of carbonyl (C=O) groups excluding carboxylic acids is 1. The summed E-state index contributed by atoms with van der Waals surface area (Å²) in [4.78, 5) is 19.0. The number of piperidine rings is 1. The van der Waals surface area contributed by atoms with Gasteiger partial charge >= 0.3 is 5.97 Å². The fourth-order valence-corrected chi connectivity index (χ4v) is 3.54. The Hall–Kier alpha value is -2.83. The van der Waals surface area contributed by atoms with Crippen molar-refractivity contribution in [3.05, 3.63) is 48.3 Å². The Balaban J connectivity index is 1.52. The number of esters is 1. The minimum Gasteiger partial charge on any atom is -0.466 e. The molecule has 1 aromatic heterocycles. The third kappa shape index (κ3) is 5.82. The van der Waals surface area contributed by atoms with Crippen molar-refractivity contribution in [3.63, 3.8) is 0 Å². The van der Waals surface area contributed by atoms with Crippen molar-refractivity contribution in [2.75, 3.05) is 32.8 Å². The van der Waals surface area contributed by atoms with Gasteiger partial charge in [-0.05, 0) is 56.9 Å². The average molecular weight is 398 g/mol. The van der Waals surface area contributed by atoms with E-state index < -0.39 is 0 Å². The molecule has 7 nitrogen and oxygen atoms in total. The van der Waals surface area contributed by atoms with E-state index in [1.807, 2.05) is 23.9 Å². The lowest BCUT2D eigenvalue weighted by molar-refractivity contribution is -0.149. The highest BCUT2D eigenvalue weighted by Gasteiger charge is 2.27. The van der Waals surface area contributed by atoms with Gasteiger partial charge in [-0.25, -0.2) is 4.68 Å². The number of guanidine groups is 1. The molecular formula is C22H31N5O2. The van der Waals surface area contributed by atoms with Crippen LogP contribution >= 0.6 is 0 Å². The lowest BCUT2D eigenvalue weighted by Crippen LogP contribution is -2.46. The van der Waals surface area contributed by atoms with Crippen molar-refractivity contribution in [2.24, 2.45) is 10.9 Å². The van der Waals surface area contributed by atoms with Crippen LogP contribution in [0.2, 0.25) is 0 Å². The second-order valence-electron chi connectivity index (χ2n) is 7.12. The Kier molecular flexibility index (Phi) is 7.67. The van der Waals surface area contributed by atoms with Gasteiger partial charge in [0.05, 0.1) is 18.2 Å². The molecule has 1 N–H and O–H groups in total. The second-order valence-corrected chi connectivity index (χ2v) is 7.12. The molecule has 3 rings (SSSR count). The van der Waals surface area contributed by atoms with Crippen LogP contribution < -0.4 is 5.32 Å². The number of hydrogen-bond acceptors (Lipinski definition) is 4. The minimum absolute atomic E-state index is 0.0161. The highest BCUT2D eigenvalue weighted by molar-refractivity contribution is 5.80. The van der Waals surface area contributed by atoms with Gasteiger partial charge in [-0.2, -0.15) is 5.10 Å². The molecule has 1 aliphatic rings. The molecular weight excluding hydrogens is 366 g/mol. The van der Waals surface area contributed by atoms with Gasteiger partial charge < -0.3 is 15.0 Å².